The highest BCUT2D eigenvalue weighted by Gasteiger charge is 2.30. The van der Waals surface area contributed by atoms with Crippen LogP contribution in [0.1, 0.15) is 103 Å². The quantitative estimate of drug-likeness (QED) is 0.217. The van der Waals surface area contributed by atoms with Gasteiger partial charge in [0.15, 0.2) is 23.0 Å². The lowest BCUT2D eigenvalue weighted by molar-refractivity contribution is -0.0486. The zero-order chi connectivity index (χ0) is 28.9. The van der Waals surface area contributed by atoms with Crippen LogP contribution in [0.3, 0.4) is 0 Å². The molecule has 230 valence electrons. The van der Waals surface area contributed by atoms with Gasteiger partial charge in [0.25, 0.3) is 0 Å². The monoisotopic (exact) mass is 570 g/mol. The Labute approximate surface area is 248 Å². The largest absolute Gasteiger partial charge is 0.487 e. The molecule has 2 aromatic carbocycles. The minimum Gasteiger partial charge on any atom is -0.487 e. The summed E-state index contributed by atoms with van der Waals surface area (Å²) in [6, 6.07) is 15.1. The van der Waals surface area contributed by atoms with E-state index in [2.05, 4.69) is 6.92 Å². The van der Waals surface area contributed by atoms with E-state index < -0.39 is 5.60 Å². The number of hydrogen-bond donors (Lipinski definition) is 1. The molecule has 0 amide bonds. The molecular formula is C35H54O6. The first-order valence-electron chi connectivity index (χ1n) is 16.2. The van der Waals surface area contributed by atoms with Crippen LogP contribution in [0, 0.1) is 0 Å². The van der Waals surface area contributed by atoms with E-state index in [1.165, 1.54) is 77.0 Å². The normalized spacial score (nSPS) is 15.9. The Morgan fingerprint density at radius 1 is 0.512 bits per heavy atom. The number of fused-ring (bicyclic) bond motifs is 2. The maximum absolute atomic E-state index is 11.7. The smallest absolute Gasteiger partial charge is 0.161 e. The van der Waals surface area contributed by atoms with E-state index in [0.29, 0.717) is 55.8 Å². The topological polar surface area (TPSA) is 66.4 Å². The van der Waals surface area contributed by atoms with Gasteiger partial charge in [-0.15, -0.1) is 0 Å². The molecule has 6 nitrogen and oxygen atoms in total. The Bertz CT molecular complexity index is 877. The van der Waals surface area contributed by atoms with Crippen LogP contribution in [0.15, 0.2) is 48.5 Å². The third-order valence-electron chi connectivity index (χ3n) is 7.66. The van der Waals surface area contributed by atoms with Crippen LogP contribution in [0.4, 0.5) is 0 Å². The number of rotatable bonds is 15. The Balaban J connectivity index is 1.45. The van der Waals surface area contributed by atoms with Gasteiger partial charge in [0.2, 0.25) is 0 Å². The summed E-state index contributed by atoms with van der Waals surface area (Å²) in [6.07, 6.45) is 18.8. The molecule has 1 heterocycles. The van der Waals surface area contributed by atoms with E-state index in [1.54, 1.807) is 0 Å². The lowest BCUT2D eigenvalue weighted by Gasteiger charge is -2.29. The maximum atomic E-state index is 11.7. The van der Waals surface area contributed by atoms with Crippen molar-refractivity contribution >= 4 is 0 Å². The third kappa shape index (κ3) is 13.8. The standard InChI is InChI=1S/C35H54O6/c1-2-3-4-5-6-7-8-9-10-11-12-13-14-19-24-35(36)29-40-33-22-17-15-20-31(33)38-27-25-37-26-28-39-32-21-16-18-23-34(32)41-30-35/h15-18,20-23,36H,2-14,19,24-30H2,1H3. The summed E-state index contributed by atoms with van der Waals surface area (Å²) in [4.78, 5) is 0. The molecule has 0 fully saturated rings. The molecule has 1 N–H and O–H groups in total. The van der Waals surface area contributed by atoms with Crippen molar-refractivity contribution in [3.05, 3.63) is 48.5 Å². The second kappa shape index (κ2) is 20.4. The molecule has 0 saturated carbocycles. The summed E-state index contributed by atoms with van der Waals surface area (Å²) in [5, 5.41) is 11.7. The van der Waals surface area contributed by atoms with Gasteiger partial charge in [0, 0.05) is 0 Å². The van der Waals surface area contributed by atoms with E-state index in [0.717, 1.165) is 12.8 Å². The van der Waals surface area contributed by atoms with Gasteiger partial charge in [-0.2, -0.15) is 0 Å². The fourth-order valence-corrected chi connectivity index (χ4v) is 5.16. The fourth-order valence-electron chi connectivity index (χ4n) is 5.16. The van der Waals surface area contributed by atoms with Gasteiger partial charge >= 0.3 is 0 Å². The van der Waals surface area contributed by atoms with Gasteiger partial charge in [-0.1, -0.05) is 121 Å². The molecular weight excluding hydrogens is 516 g/mol. The number of unbranched alkanes of at least 4 members (excludes halogenated alkanes) is 13. The van der Waals surface area contributed by atoms with Crippen molar-refractivity contribution in [2.24, 2.45) is 0 Å². The molecule has 1 aliphatic heterocycles. The van der Waals surface area contributed by atoms with Crippen molar-refractivity contribution in [1.82, 2.24) is 0 Å². The number of hydrogen-bond acceptors (Lipinski definition) is 6. The van der Waals surface area contributed by atoms with Gasteiger partial charge in [0.05, 0.1) is 13.2 Å². The van der Waals surface area contributed by atoms with Crippen LogP contribution >= 0.6 is 0 Å². The number of para-hydroxylation sites is 4. The average molecular weight is 571 g/mol. The number of benzene rings is 2. The summed E-state index contributed by atoms with van der Waals surface area (Å²) < 4.78 is 29.7. The Morgan fingerprint density at radius 2 is 0.878 bits per heavy atom. The van der Waals surface area contributed by atoms with Gasteiger partial charge in [-0.3, -0.25) is 0 Å². The molecule has 1 aliphatic rings. The summed E-state index contributed by atoms with van der Waals surface area (Å²) in [6.45, 7) is 4.21. The van der Waals surface area contributed by atoms with E-state index >= 15 is 0 Å². The molecule has 0 spiro atoms. The summed E-state index contributed by atoms with van der Waals surface area (Å²) in [5.74, 6) is 2.51. The van der Waals surface area contributed by atoms with Crippen LogP contribution in [0.5, 0.6) is 23.0 Å². The Hall–Kier alpha value is -2.44. The second-order valence-corrected chi connectivity index (χ2v) is 11.4. The van der Waals surface area contributed by atoms with Crippen molar-refractivity contribution in [2.75, 3.05) is 39.6 Å². The molecule has 0 unspecified atom stereocenters. The number of ether oxygens (including phenoxy) is 5. The summed E-state index contributed by atoms with van der Waals surface area (Å²) in [7, 11) is 0. The van der Waals surface area contributed by atoms with Crippen molar-refractivity contribution in [1.29, 1.82) is 0 Å². The van der Waals surface area contributed by atoms with Crippen molar-refractivity contribution in [3.63, 3.8) is 0 Å². The number of aliphatic hydroxyl groups is 1. The SMILES string of the molecule is CCCCCCCCCCCCCCCCC1(O)COc2ccccc2OCCOCCOc2ccccc2OC1. The highest BCUT2D eigenvalue weighted by molar-refractivity contribution is 5.40. The van der Waals surface area contributed by atoms with Crippen LogP contribution in [-0.2, 0) is 4.74 Å². The maximum Gasteiger partial charge on any atom is 0.161 e. The van der Waals surface area contributed by atoms with E-state index in [-0.39, 0.29) is 13.2 Å². The molecule has 0 aliphatic carbocycles. The van der Waals surface area contributed by atoms with Gasteiger partial charge in [-0.25, -0.2) is 0 Å². The zero-order valence-electron chi connectivity index (χ0n) is 25.5. The van der Waals surface area contributed by atoms with Crippen LogP contribution in [0.25, 0.3) is 0 Å². The molecule has 0 radical (unpaired) electrons. The molecule has 0 saturated heterocycles. The first kappa shape index (κ1) is 33.1. The fraction of sp³-hybridized carbons (Fsp3) is 0.657. The highest BCUT2D eigenvalue weighted by Crippen LogP contribution is 2.31. The molecule has 2 aromatic rings. The second-order valence-electron chi connectivity index (χ2n) is 11.4. The molecule has 3 rings (SSSR count). The molecule has 41 heavy (non-hydrogen) atoms. The zero-order valence-corrected chi connectivity index (χ0v) is 25.5. The molecule has 0 aromatic heterocycles. The van der Waals surface area contributed by atoms with E-state index in [1.807, 2.05) is 48.5 Å². The minimum absolute atomic E-state index is 0.116. The molecule has 6 heteroatoms. The molecule has 0 atom stereocenters. The van der Waals surface area contributed by atoms with E-state index in [4.69, 9.17) is 23.7 Å². The van der Waals surface area contributed by atoms with Gasteiger partial charge < -0.3 is 28.8 Å². The predicted octanol–water partition coefficient (Wildman–Crippen LogP) is 8.53. The van der Waals surface area contributed by atoms with E-state index in [9.17, 15) is 5.11 Å². The lowest BCUT2D eigenvalue weighted by Crippen LogP contribution is -2.42. The van der Waals surface area contributed by atoms with Crippen molar-refractivity contribution in [2.45, 2.75) is 109 Å². The lowest BCUT2D eigenvalue weighted by atomic mass is 9.96. The van der Waals surface area contributed by atoms with Crippen molar-refractivity contribution < 1.29 is 28.8 Å². The summed E-state index contributed by atoms with van der Waals surface area (Å²) >= 11 is 0. The van der Waals surface area contributed by atoms with Crippen LogP contribution in [-0.4, -0.2) is 50.3 Å². The molecule has 0 bridgehead atoms. The minimum atomic E-state index is -1.14. The Kier molecular flexibility index (Phi) is 16.5. The third-order valence-corrected chi connectivity index (χ3v) is 7.66. The van der Waals surface area contributed by atoms with Crippen molar-refractivity contribution in [3.8, 4) is 23.0 Å². The first-order valence-corrected chi connectivity index (χ1v) is 16.2. The summed E-state index contributed by atoms with van der Waals surface area (Å²) in [5.41, 5.74) is -1.14. The first-order chi connectivity index (χ1) is 20.2. The van der Waals surface area contributed by atoms with Gasteiger partial charge in [0.1, 0.15) is 32.0 Å². The Morgan fingerprint density at radius 3 is 1.29 bits per heavy atom. The highest BCUT2D eigenvalue weighted by atomic mass is 16.6. The van der Waals surface area contributed by atoms with Crippen LogP contribution in [0.2, 0.25) is 0 Å². The average Bonchev–Trinajstić information content (AvgIpc) is 2.99. The predicted molar refractivity (Wildman–Crippen MR) is 166 cm³/mol. The van der Waals surface area contributed by atoms with Crippen LogP contribution < -0.4 is 18.9 Å². The van der Waals surface area contributed by atoms with Gasteiger partial charge in [-0.05, 0) is 30.7 Å².